The summed E-state index contributed by atoms with van der Waals surface area (Å²) in [5.74, 6) is 0. The smallest absolute Gasteiger partial charge is 0.207 e. The van der Waals surface area contributed by atoms with Crippen LogP contribution in [0, 0.1) is 11.3 Å². The molecule has 0 aliphatic rings. The maximum atomic E-state index is 10.4. The van der Waals surface area contributed by atoms with E-state index in [-0.39, 0.29) is 0 Å². The highest BCUT2D eigenvalue weighted by molar-refractivity contribution is 5.33. The Bertz CT molecular complexity index is 551. The average molecular weight is 240 g/mol. The number of pyridine rings is 1. The van der Waals surface area contributed by atoms with Gasteiger partial charge in [0, 0.05) is 23.5 Å². The predicted octanol–water partition coefficient (Wildman–Crippen LogP) is 1.53. The number of aromatic nitrogens is 1. The normalized spacial score (nSPS) is 15.4. The highest BCUT2D eigenvalue weighted by atomic mass is 16.3. The molecule has 0 amide bonds. The van der Waals surface area contributed by atoms with Crippen molar-refractivity contribution in [1.82, 2.24) is 4.98 Å². The summed E-state index contributed by atoms with van der Waals surface area (Å²) in [5.41, 5.74) is -1.24. The van der Waals surface area contributed by atoms with Crippen molar-refractivity contribution in [3.05, 3.63) is 66.0 Å². The van der Waals surface area contributed by atoms with E-state index >= 15 is 0 Å². The average Bonchev–Trinajstić information content (AvgIpc) is 2.47. The molecule has 1 aromatic heterocycles. The van der Waals surface area contributed by atoms with Gasteiger partial charge < -0.3 is 10.2 Å². The molecule has 1 heterocycles. The molecule has 2 unspecified atom stereocenters. The number of nitrogens with zero attached hydrogens (tertiary/aromatic N) is 2. The first-order valence-corrected chi connectivity index (χ1v) is 5.45. The second-order valence-electron chi connectivity index (χ2n) is 3.93. The third kappa shape index (κ3) is 2.09. The Hall–Kier alpha value is -2.22. The van der Waals surface area contributed by atoms with Crippen molar-refractivity contribution in [3.8, 4) is 6.07 Å². The lowest BCUT2D eigenvalue weighted by Gasteiger charge is -2.26. The van der Waals surface area contributed by atoms with Crippen molar-refractivity contribution in [2.75, 3.05) is 0 Å². The lowest BCUT2D eigenvalue weighted by Crippen LogP contribution is -2.32. The van der Waals surface area contributed by atoms with E-state index < -0.39 is 11.7 Å². The second kappa shape index (κ2) is 4.96. The molecule has 0 spiro atoms. The molecule has 90 valence electrons. The van der Waals surface area contributed by atoms with Crippen LogP contribution in [0.5, 0.6) is 0 Å². The van der Waals surface area contributed by atoms with E-state index in [0.29, 0.717) is 11.1 Å². The van der Waals surface area contributed by atoms with Crippen LogP contribution >= 0.6 is 0 Å². The van der Waals surface area contributed by atoms with Gasteiger partial charge in [0.2, 0.25) is 5.60 Å². The Morgan fingerprint density at radius 1 is 1.17 bits per heavy atom. The molecule has 0 aliphatic heterocycles. The number of benzene rings is 1. The highest BCUT2D eigenvalue weighted by Crippen LogP contribution is 2.34. The Morgan fingerprint density at radius 2 is 1.89 bits per heavy atom. The van der Waals surface area contributed by atoms with Gasteiger partial charge in [-0.3, -0.25) is 4.98 Å². The maximum Gasteiger partial charge on any atom is 0.207 e. The molecule has 0 saturated heterocycles. The molecule has 4 nitrogen and oxygen atoms in total. The largest absolute Gasteiger partial charge is 0.384 e. The van der Waals surface area contributed by atoms with Gasteiger partial charge >= 0.3 is 0 Å². The van der Waals surface area contributed by atoms with Crippen LogP contribution in [0.2, 0.25) is 0 Å². The molecule has 2 aromatic rings. The van der Waals surface area contributed by atoms with Crippen LogP contribution < -0.4 is 0 Å². The number of rotatable bonds is 3. The van der Waals surface area contributed by atoms with Crippen molar-refractivity contribution in [2.45, 2.75) is 11.7 Å². The van der Waals surface area contributed by atoms with Gasteiger partial charge in [-0.25, -0.2) is 0 Å². The van der Waals surface area contributed by atoms with Gasteiger partial charge in [-0.15, -0.1) is 0 Å². The van der Waals surface area contributed by atoms with Crippen molar-refractivity contribution in [3.63, 3.8) is 0 Å². The Morgan fingerprint density at radius 3 is 2.44 bits per heavy atom. The fourth-order valence-corrected chi connectivity index (χ4v) is 1.75. The molecule has 0 fully saturated rings. The summed E-state index contributed by atoms with van der Waals surface area (Å²) in [4.78, 5) is 3.87. The fourth-order valence-electron chi connectivity index (χ4n) is 1.75. The number of hydrogen-bond donors (Lipinski definition) is 2. The lowest BCUT2D eigenvalue weighted by molar-refractivity contribution is -0.0400. The molecule has 4 heteroatoms. The monoisotopic (exact) mass is 240 g/mol. The van der Waals surface area contributed by atoms with E-state index in [1.807, 2.05) is 0 Å². The summed E-state index contributed by atoms with van der Waals surface area (Å²) < 4.78 is 0. The van der Waals surface area contributed by atoms with E-state index in [1.54, 1.807) is 54.7 Å². The van der Waals surface area contributed by atoms with Gasteiger partial charge in [-0.2, -0.15) is 5.26 Å². The van der Waals surface area contributed by atoms with Crippen LogP contribution in [0.4, 0.5) is 0 Å². The van der Waals surface area contributed by atoms with E-state index in [1.165, 1.54) is 6.20 Å². The molecular weight excluding hydrogens is 228 g/mol. The molecule has 2 rings (SSSR count). The third-order valence-electron chi connectivity index (χ3n) is 2.78. The molecule has 2 N–H and O–H groups in total. The minimum atomic E-state index is -1.98. The summed E-state index contributed by atoms with van der Waals surface area (Å²) in [6.45, 7) is 0. The number of hydrogen-bond acceptors (Lipinski definition) is 4. The van der Waals surface area contributed by atoms with E-state index in [4.69, 9.17) is 0 Å². The zero-order valence-corrected chi connectivity index (χ0v) is 9.56. The molecule has 0 saturated carbocycles. The Kier molecular flexibility index (Phi) is 3.38. The molecule has 1 aromatic carbocycles. The quantitative estimate of drug-likeness (QED) is 0.797. The van der Waals surface area contributed by atoms with Crippen molar-refractivity contribution in [2.24, 2.45) is 0 Å². The topological polar surface area (TPSA) is 77.1 Å². The highest BCUT2D eigenvalue weighted by Gasteiger charge is 2.38. The van der Waals surface area contributed by atoms with Crippen LogP contribution in [0.25, 0.3) is 0 Å². The molecule has 18 heavy (non-hydrogen) atoms. The summed E-state index contributed by atoms with van der Waals surface area (Å²) in [6.07, 6.45) is 1.64. The van der Waals surface area contributed by atoms with Crippen LogP contribution in [-0.2, 0) is 5.60 Å². The maximum absolute atomic E-state index is 10.4. The van der Waals surface area contributed by atoms with E-state index in [2.05, 4.69) is 4.98 Å². The summed E-state index contributed by atoms with van der Waals surface area (Å²) in [6, 6.07) is 13.4. The first-order chi connectivity index (χ1) is 8.68. The van der Waals surface area contributed by atoms with Crippen LogP contribution in [0.15, 0.2) is 54.9 Å². The van der Waals surface area contributed by atoms with E-state index in [9.17, 15) is 15.5 Å². The summed E-state index contributed by atoms with van der Waals surface area (Å²) in [7, 11) is 0. The van der Waals surface area contributed by atoms with Gasteiger partial charge in [0.1, 0.15) is 12.2 Å². The fraction of sp³-hybridized carbons (Fsp3) is 0.143. The minimum Gasteiger partial charge on any atom is -0.384 e. The number of nitriles is 1. The molecule has 0 aliphatic carbocycles. The zero-order valence-electron chi connectivity index (χ0n) is 9.56. The minimum absolute atomic E-state index is 0.351. The third-order valence-corrected chi connectivity index (χ3v) is 2.78. The predicted molar refractivity (Wildman–Crippen MR) is 65.1 cm³/mol. The summed E-state index contributed by atoms with van der Waals surface area (Å²) >= 11 is 0. The van der Waals surface area contributed by atoms with Crippen LogP contribution in [-0.4, -0.2) is 15.2 Å². The van der Waals surface area contributed by atoms with Gasteiger partial charge in [0.25, 0.3) is 0 Å². The standard InChI is InChI=1S/C14H12N2O2/c15-10-14(18,12-6-2-1-3-7-12)13(17)11-5-4-8-16-9-11/h1-9,13,17-18H. The number of aliphatic hydroxyl groups is 2. The van der Waals surface area contributed by atoms with Crippen LogP contribution in [0.3, 0.4) is 0 Å². The number of aliphatic hydroxyl groups excluding tert-OH is 1. The van der Waals surface area contributed by atoms with E-state index in [0.717, 1.165) is 0 Å². The molecule has 2 atom stereocenters. The van der Waals surface area contributed by atoms with Crippen molar-refractivity contribution in [1.29, 1.82) is 5.26 Å². The van der Waals surface area contributed by atoms with Crippen molar-refractivity contribution < 1.29 is 10.2 Å². The first-order valence-electron chi connectivity index (χ1n) is 5.45. The Balaban J connectivity index is 2.43. The van der Waals surface area contributed by atoms with Gasteiger partial charge in [-0.05, 0) is 6.07 Å². The van der Waals surface area contributed by atoms with Gasteiger partial charge in [-0.1, -0.05) is 36.4 Å². The Labute approximate surface area is 105 Å². The summed E-state index contributed by atoms with van der Waals surface area (Å²) in [5, 5.41) is 29.7. The lowest BCUT2D eigenvalue weighted by atomic mass is 9.86. The second-order valence-corrected chi connectivity index (χ2v) is 3.93. The molecule has 0 radical (unpaired) electrons. The SMILES string of the molecule is N#CC(O)(c1ccccc1)C(O)c1cccnc1. The zero-order chi connectivity index (χ0) is 13.0. The molecular formula is C14H12N2O2. The van der Waals surface area contributed by atoms with Gasteiger partial charge in [0.15, 0.2) is 0 Å². The van der Waals surface area contributed by atoms with Crippen molar-refractivity contribution >= 4 is 0 Å². The first kappa shape index (κ1) is 12.2. The van der Waals surface area contributed by atoms with Crippen LogP contribution in [0.1, 0.15) is 17.2 Å². The van der Waals surface area contributed by atoms with Gasteiger partial charge in [0.05, 0.1) is 0 Å². The molecule has 0 bridgehead atoms.